The third-order valence-electron chi connectivity index (χ3n) is 3.16. The van der Waals surface area contributed by atoms with Crippen LogP contribution in [-0.4, -0.2) is 30.7 Å². The predicted molar refractivity (Wildman–Crippen MR) is 76.8 cm³/mol. The van der Waals surface area contributed by atoms with Crippen molar-refractivity contribution >= 4 is 21.4 Å². The largest absolute Gasteiger partial charge is 0.399 e. The number of nitrogens with two attached hydrogens (primary N) is 1. The van der Waals surface area contributed by atoms with E-state index < -0.39 is 20.6 Å². The van der Waals surface area contributed by atoms with Gasteiger partial charge in [0.15, 0.2) is 4.90 Å². The number of nitrogens with zero attached hydrogens (tertiary/aromatic N) is 2. The van der Waals surface area contributed by atoms with Crippen molar-refractivity contribution < 1.29 is 13.3 Å². The second-order valence-electron chi connectivity index (χ2n) is 4.64. The first-order valence-corrected chi connectivity index (χ1v) is 7.67. The average molecular weight is 301 g/mol. The Kier molecular flexibility index (Phi) is 5.07. The second kappa shape index (κ2) is 6.19. The molecule has 0 bridgehead atoms. The van der Waals surface area contributed by atoms with Crippen molar-refractivity contribution in [2.45, 2.75) is 37.6 Å². The third-order valence-corrected chi connectivity index (χ3v) is 5.18. The second-order valence-corrected chi connectivity index (χ2v) is 6.61. The van der Waals surface area contributed by atoms with Gasteiger partial charge in [0.1, 0.15) is 0 Å². The van der Waals surface area contributed by atoms with Gasteiger partial charge in [0.05, 0.1) is 4.92 Å². The zero-order chi connectivity index (χ0) is 15.5. The minimum Gasteiger partial charge on any atom is -0.399 e. The van der Waals surface area contributed by atoms with Crippen LogP contribution in [0, 0.1) is 10.1 Å². The van der Waals surface area contributed by atoms with Crippen LogP contribution in [0.25, 0.3) is 0 Å². The number of rotatable bonds is 6. The summed E-state index contributed by atoms with van der Waals surface area (Å²) in [6.45, 7) is 3.72. The van der Waals surface area contributed by atoms with Crippen molar-refractivity contribution in [1.29, 1.82) is 0 Å². The zero-order valence-corrected chi connectivity index (χ0v) is 12.6. The van der Waals surface area contributed by atoms with E-state index >= 15 is 0 Å². The van der Waals surface area contributed by atoms with Crippen LogP contribution in [0.15, 0.2) is 23.1 Å². The molecule has 1 aromatic rings. The smallest absolute Gasteiger partial charge is 0.291 e. The number of hydrogen-bond acceptors (Lipinski definition) is 5. The summed E-state index contributed by atoms with van der Waals surface area (Å²) < 4.78 is 26.1. The monoisotopic (exact) mass is 301 g/mol. The van der Waals surface area contributed by atoms with Crippen molar-refractivity contribution in [3.63, 3.8) is 0 Å². The lowest BCUT2D eigenvalue weighted by atomic mass is 10.2. The molecule has 112 valence electrons. The van der Waals surface area contributed by atoms with Crippen LogP contribution >= 0.6 is 0 Å². The molecule has 0 aromatic heterocycles. The maximum Gasteiger partial charge on any atom is 0.291 e. The van der Waals surface area contributed by atoms with Crippen LogP contribution in [0.4, 0.5) is 11.4 Å². The summed E-state index contributed by atoms with van der Waals surface area (Å²) in [4.78, 5) is 9.94. The molecule has 0 heterocycles. The number of hydrogen-bond donors (Lipinski definition) is 1. The minimum atomic E-state index is -3.92. The van der Waals surface area contributed by atoms with Crippen molar-refractivity contribution in [3.05, 3.63) is 28.3 Å². The van der Waals surface area contributed by atoms with Crippen molar-refractivity contribution in [1.82, 2.24) is 4.31 Å². The zero-order valence-electron chi connectivity index (χ0n) is 11.7. The quantitative estimate of drug-likeness (QED) is 0.491. The van der Waals surface area contributed by atoms with Gasteiger partial charge in [0, 0.05) is 24.8 Å². The van der Waals surface area contributed by atoms with Gasteiger partial charge in [0.25, 0.3) is 5.69 Å². The van der Waals surface area contributed by atoms with Gasteiger partial charge in [-0.25, -0.2) is 8.42 Å². The summed E-state index contributed by atoms with van der Waals surface area (Å²) in [6, 6.07) is 3.35. The van der Waals surface area contributed by atoms with E-state index in [4.69, 9.17) is 5.73 Å². The van der Waals surface area contributed by atoms with Crippen molar-refractivity contribution in [2.24, 2.45) is 0 Å². The Hall–Kier alpha value is -1.67. The molecule has 2 N–H and O–H groups in total. The number of anilines is 1. The molecule has 1 aromatic carbocycles. The van der Waals surface area contributed by atoms with E-state index in [2.05, 4.69) is 0 Å². The molecule has 0 aliphatic heterocycles. The molecule has 0 radical (unpaired) electrons. The van der Waals surface area contributed by atoms with E-state index in [1.807, 2.05) is 6.92 Å². The fourth-order valence-corrected chi connectivity index (χ4v) is 3.41. The maximum absolute atomic E-state index is 12.5. The number of sulfonamides is 1. The highest BCUT2D eigenvalue weighted by molar-refractivity contribution is 7.89. The molecule has 7 nitrogen and oxygen atoms in total. The molecule has 20 heavy (non-hydrogen) atoms. The SMILES string of the molecule is CCCC(C)N(C)S(=O)(=O)c1ccc(N)cc1[N+](=O)[O-]. The van der Waals surface area contributed by atoms with E-state index in [0.29, 0.717) is 6.42 Å². The lowest BCUT2D eigenvalue weighted by molar-refractivity contribution is -0.387. The molecular formula is C12H19N3O4S. The van der Waals surface area contributed by atoms with Crippen LogP contribution in [0.1, 0.15) is 26.7 Å². The highest BCUT2D eigenvalue weighted by Gasteiger charge is 2.31. The third kappa shape index (κ3) is 3.26. The van der Waals surface area contributed by atoms with Crippen LogP contribution in [-0.2, 0) is 10.0 Å². The van der Waals surface area contributed by atoms with E-state index in [9.17, 15) is 18.5 Å². The first-order valence-electron chi connectivity index (χ1n) is 6.23. The standard InChI is InChI=1S/C12H19N3O4S/c1-4-5-9(2)14(3)20(18,19)12-7-6-10(13)8-11(12)15(16)17/h6-9H,4-5,13H2,1-3H3. The fourth-order valence-electron chi connectivity index (χ4n) is 1.89. The predicted octanol–water partition coefficient (Wildman–Crippen LogP) is 1.99. The maximum atomic E-state index is 12.5. The van der Waals surface area contributed by atoms with Gasteiger partial charge in [-0.2, -0.15) is 4.31 Å². The summed E-state index contributed by atoms with van der Waals surface area (Å²) in [5.74, 6) is 0. The van der Waals surface area contributed by atoms with Crippen LogP contribution in [0.3, 0.4) is 0 Å². The van der Waals surface area contributed by atoms with Crippen molar-refractivity contribution in [2.75, 3.05) is 12.8 Å². The molecular weight excluding hydrogens is 282 g/mol. The van der Waals surface area contributed by atoms with E-state index in [0.717, 1.165) is 16.8 Å². The number of nitro benzene ring substituents is 1. The lowest BCUT2D eigenvalue weighted by Crippen LogP contribution is -2.35. The van der Waals surface area contributed by atoms with Gasteiger partial charge >= 0.3 is 0 Å². The molecule has 1 unspecified atom stereocenters. The van der Waals surface area contributed by atoms with Crippen molar-refractivity contribution in [3.8, 4) is 0 Å². The molecule has 0 amide bonds. The topological polar surface area (TPSA) is 107 Å². The minimum absolute atomic E-state index is 0.153. The Labute approximate surface area is 118 Å². The summed E-state index contributed by atoms with van der Waals surface area (Å²) in [5.41, 5.74) is 5.13. The van der Waals surface area contributed by atoms with Gasteiger partial charge in [-0.15, -0.1) is 0 Å². The summed E-state index contributed by atoms with van der Waals surface area (Å²) in [6.07, 6.45) is 1.50. The first kappa shape index (κ1) is 16.4. The molecule has 1 rings (SSSR count). The number of nitrogen functional groups attached to an aromatic ring is 1. The van der Waals surface area contributed by atoms with Crippen LogP contribution in [0.5, 0.6) is 0 Å². The normalized spacial score (nSPS) is 13.4. The molecule has 8 heteroatoms. The summed E-state index contributed by atoms with van der Waals surface area (Å²) in [7, 11) is -2.49. The first-order chi connectivity index (χ1) is 9.21. The van der Waals surface area contributed by atoms with E-state index in [-0.39, 0.29) is 16.6 Å². The Balaban J connectivity index is 3.32. The molecule has 0 aliphatic rings. The number of nitro groups is 1. The van der Waals surface area contributed by atoms with Gasteiger partial charge in [-0.3, -0.25) is 10.1 Å². The molecule has 0 fully saturated rings. The van der Waals surface area contributed by atoms with E-state index in [1.165, 1.54) is 19.2 Å². The highest BCUT2D eigenvalue weighted by Crippen LogP contribution is 2.29. The van der Waals surface area contributed by atoms with E-state index in [1.54, 1.807) is 6.92 Å². The Morgan fingerprint density at radius 1 is 1.45 bits per heavy atom. The molecule has 1 atom stereocenters. The Morgan fingerprint density at radius 2 is 2.05 bits per heavy atom. The summed E-state index contributed by atoms with van der Waals surface area (Å²) >= 11 is 0. The van der Waals surface area contributed by atoms with Gasteiger partial charge in [-0.1, -0.05) is 13.3 Å². The van der Waals surface area contributed by atoms with Gasteiger partial charge < -0.3 is 5.73 Å². The summed E-state index contributed by atoms with van der Waals surface area (Å²) in [5, 5.41) is 11.0. The van der Waals surface area contributed by atoms with Gasteiger partial charge in [-0.05, 0) is 25.5 Å². The Bertz CT molecular complexity index is 601. The molecule has 0 aliphatic carbocycles. The van der Waals surface area contributed by atoms with Crippen LogP contribution in [0.2, 0.25) is 0 Å². The molecule has 0 saturated carbocycles. The lowest BCUT2D eigenvalue weighted by Gasteiger charge is -2.23. The van der Waals surface area contributed by atoms with Crippen LogP contribution < -0.4 is 5.73 Å². The average Bonchev–Trinajstić information content (AvgIpc) is 2.37. The van der Waals surface area contributed by atoms with Gasteiger partial charge in [0.2, 0.25) is 10.0 Å². The Morgan fingerprint density at radius 3 is 2.55 bits per heavy atom. The molecule has 0 saturated heterocycles. The highest BCUT2D eigenvalue weighted by atomic mass is 32.2. The fraction of sp³-hybridized carbons (Fsp3) is 0.500. The number of benzene rings is 1. The molecule has 0 spiro atoms.